The largest absolute Gasteiger partial charge is 0.480 e. The van der Waals surface area contributed by atoms with Gasteiger partial charge in [0.25, 0.3) is 0 Å². The van der Waals surface area contributed by atoms with Crippen LogP contribution in [0.1, 0.15) is 19.3 Å². The third-order valence-electron chi connectivity index (χ3n) is 2.59. The highest BCUT2D eigenvalue weighted by Gasteiger charge is 2.22. The van der Waals surface area contributed by atoms with Crippen molar-refractivity contribution in [2.45, 2.75) is 25.3 Å². The molecule has 1 aliphatic rings. The minimum absolute atomic E-state index is 0.279. The van der Waals surface area contributed by atoms with Gasteiger partial charge >= 0.3 is 12.0 Å². The number of aliphatic carboxylic acids is 1. The summed E-state index contributed by atoms with van der Waals surface area (Å²) in [6.45, 7) is 1.35. The van der Waals surface area contributed by atoms with Gasteiger partial charge in [0.15, 0.2) is 0 Å². The molecule has 1 fully saturated rings. The van der Waals surface area contributed by atoms with Gasteiger partial charge < -0.3 is 26.2 Å². The number of primary amides is 1. The van der Waals surface area contributed by atoms with Crippen LogP contribution >= 0.6 is 0 Å². The van der Waals surface area contributed by atoms with Gasteiger partial charge in [-0.1, -0.05) is 0 Å². The Morgan fingerprint density at radius 2 is 2.05 bits per heavy atom. The molecule has 1 saturated carbocycles. The van der Waals surface area contributed by atoms with Crippen LogP contribution in [-0.2, 0) is 14.3 Å². The summed E-state index contributed by atoms with van der Waals surface area (Å²) in [6, 6.07) is -1.98. The van der Waals surface area contributed by atoms with Crippen molar-refractivity contribution >= 4 is 17.9 Å². The van der Waals surface area contributed by atoms with Crippen molar-refractivity contribution in [1.82, 2.24) is 10.6 Å². The summed E-state index contributed by atoms with van der Waals surface area (Å²) in [6.07, 6.45) is 1.95. The van der Waals surface area contributed by atoms with E-state index in [1.807, 2.05) is 0 Å². The van der Waals surface area contributed by atoms with E-state index in [2.05, 4.69) is 10.6 Å². The second-order valence-electron chi connectivity index (χ2n) is 4.48. The Balaban J connectivity index is 2.12. The zero-order chi connectivity index (χ0) is 14.3. The van der Waals surface area contributed by atoms with Gasteiger partial charge in [-0.05, 0) is 18.8 Å². The van der Waals surface area contributed by atoms with Crippen molar-refractivity contribution in [3.8, 4) is 0 Å². The van der Waals surface area contributed by atoms with Crippen LogP contribution in [0.25, 0.3) is 0 Å². The molecule has 0 aromatic carbocycles. The molecule has 0 aromatic heterocycles. The van der Waals surface area contributed by atoms with E-state index in [9.17, 15) is 14.4 Å². The van der Waals surface area contributed by atoms with Crippen LogP contribution in [0.3, 0.4) is 0 Å². The summed E-state index contributed by atoms with van der Waals surface area (Å²) in [4.78, 5) is 32.7. The van der Waals surface area contributed by atoms with Crippen LogP contribution in [0.15, 0.2) is 0 Å². The fourth-order valence-electron chi connectivity index (χ4n) is 1.38. The smallest absolute Gasteiger partial charge is 0.326 e. The molecule has 3 amide bonds. The number of amides is 3. The van der Waals surface area contributed by atoms with Gasteiger partial charge in [0.1, 0.15) is 6.04 Å². The van der Waals surface area contributed by atoms with E-state index in [0.717, 1.165) is 0 Å². The number of hydrogen-bond acceptors (Lipinski definition) is 4. The number of rotatable bonds is 9. The van der Waals surface area contributed by atoms with E-state index in [1.54, 1.807) is 0 Å². The van der Waals surface area contributed by atoms with Crippen molar-refractivity contribution in [2.75, 3.05) is 19.8 Å². The van der Waals surface area contributed by atoms with E-state index >= 15 is 0 Å². The summed E-state index contributed by atoms with van der Waals surface area (Å²) in [5.41, 5.74) is 4.89. The quantitative estimate of drug-likeness (QED) is 0.402. The van der Waals surface area contributed by atoms with Gasteiger partial charge in [0.05, 0.1) is 13.0 Å². The average molecular weight is 273 g/mol. The highest BCUT2D eigenvalue weighted by atomic mass is 16.5. The van der Waals surface area contributed by atoms with Gasteiger partial charge in [0, 0.05) is 13.2 Å². The fourth-order valence-corrected chi connectivity index (χ4v) is 1.38. The van der Waals surface area contributed by atoms with Crippen molar-refractivity contribution in [3.05, 3.63) is 0 Å². The van der Waals surface area contributed by atoms with Crippen LogP contribution in [0.5, 0.6) is 0 Å². The lowest BCUT2D eigenvalue weighted by molar-refractivity contribution is -0.140. The fraction of sp³-hybridized carbons (Fsp3) is 0.727. The number of carbonyl (C=O) groups excluding carboxylic acids is 2. The molecular weight excluding hydrogens is 254 g/mol. The summed E-state index contributed by atoms with van der Waals surface area (Å²) in [5.74, 6) is -1.44. The molecule has 0 bridgehead atoms. The topological polar surface area (TPSA) is 131 Å². The Bertz CT molecular complexity index is 343. The third-order valence-corrected chi connectivity index (χ3v) is 2.59. The lowest BCUT2D eigenvalue weighted by atomic mass is 10.2. The molecule has 8 heteroatoms. The van der Waals surface area contributed by atoms with E-state index in [1.165, 1.54) is 12.8 Å². The van der Waals surface area contributed by atoms with Crippen LogP contribution in [0.2, 0.25) is 0 Å². The first kappa shape index (κ1) is 15.2. The van der Waals surface area contributed by atoms with Gasteiger partial charge in [-0.3, -0.25) is 4.79 Å². The highest BCUT2D eigenvalue weighted by molar-refractivity contribution is 5.87. The number of hydrogen-bond donors (Lipinski definition) is 4. The van der Waals surface area contributed by atoms with E-state index < -0.39 is 30.4 Å². The lowest BCUT2D eigenvalue weighted by Crippen LogP contribution is -2.48. The summed E-state index contributed by atoms with van der Waals surface area (Å²) < 4.78 is 5.29. The first-order chi connectivity index (χ1) is 8.99. The van der Waals surface area contributed by atoms with Crippen molar-refractivity contribution in [2.24, 2.45) is 11.7 Å². The van der Waals surface area contributed by atoms with E-state index in [0.29, 0.717) is 19.1 Å². The Kier molecular flexibility index (Phi) is 6.07. The molecule has 1 rings (SSSR count). The molecule has 5 N–H and O–H groups in total. The maximum Gasteiger partial charge on any atom is 0.326 e. The monoisotopic (exact) mass is 273 g/mol. The van der Waals surface area contributed by atoms with Gasteiger partial charge in [-0.2, -0.15) is 0 Å². The molecule has 0 aliphatic heterocycles. The number of urea groups is 1. The molecular formula is C11H19N3O5. The number of carbonyl (C=O) groups is 3. The summed E-state index contributed by atoms with van der Waals surface area (Å²) in [7, 11) is 0. The van der Waals surface area contributed by atoms with Crippen molar-refractivity contribution < 1.29 is 24.2 Å². The Hall–Kier alpha value is -1.83. The molecule has 0 heterocycles. The van der Waals surface area contributed by atoms with Crippen LogP contribution in [0.4, 0.5) is 4.79 Å². The molecule has 1 atom stereocenters. The maximum atomic E-state index is 11.4. The molecule has 19 heavy (non-hydrogen) atoms. The van der Waals surface area contributed by atoms with Crippen LogP contribution < -0.4 is 16.4 Å². The number of carboxylic acids is 1. The van der Waals surface area contributed by atoms with E-state index in [-0.39, 0.29) is 6.54 Å². The first-order valence-corrected chi connectivity index (χ1v) is 6.12. The molecule has 0 aromatic rings. The minimum atomic E-state index is -1.31. The molecule has 0 radical (unpaired) electrons. The first-order valence-electron chi connectivity index (χ1n) is 6.12. The molecule has 0 spiro atoms. The Morgan fingerprint density at radius 1 is 1.37 bits per heavy atom. The Morgan fingerprint density at radius 3 is 2.58 bits per heavy atom. The summed E-state index contributed by atoms with van der Waals surface area (Å²) in [5, 5.41) is 13.4. The molecule has 0 saturated heterocycles. The van der Waals surface area contributed by atoms with Crippen molar-refractivity contribution in [1.29, 1.82) is 0 Å². The van der Waals surface area contributed by atoms with Crippen molar-refractivity contribution in [3.63, 3.8) is 0 Å². The highest BCUT2D eigenvalue weighted by Crippen LogP contribution is 2.28. The van der Waals surface area contributed by atoms with Crippen LogP contribution in [0, 0.1) is 5.92 Å². The van der Waals surface area contributed by atoms with E-state index in [4.69, 9.17) is 15.6 Å². The molecule has 8 nitrogen and oxygen atoms in total. The number of nitrogens with one attached hydrogen (secondary N) is 2. The van der Waals surface area contributed by atoms with Gasteiger partial charge in [-0.15, -0.1) is 0 Å². The second kappa shape index (κ2) is 7.57. The molecule has 1 aliphatic carbocycles. The van der Waals surface area contributed by atoms with Crippen LogP contribution in [-0.4, -0.2) is 48.8 Å². The molecule has 108 valence electrons. The van der Waals surface area contributed by atoms with Gasteiger partial charge in [0.2, 0.25) is 5.91 Å². The minimum Gasteiger partial charge on any atom is -0.480 e. The predicted molar refractivity (Wildman–Crippen MR) is 65.3 cm³/mol. The predicted octanol–water partition coefficient (Wildman–Crippen LogP) is -0.959. The third kappa shape index (κ3) is 7.24. The number of nitrogens with two attached hydrogens (primary N) is 1. The standard InChI is InChI=1S/C11H19N3O5/c12-9(15)5-8(10(16)17)14-11(18)13-3-4-19-6-7-1-2-7/h7-8H,1-6H2,(H2,12,15)(H,16,17)(H2,13,14,18)/t8-/m0/s1. The zero-order valence-electron chi connectivity index (χ0n) is 10.6. The van der Waals surface area contributed by atoms with Gasteiger partial charge in [-0.25, -0.2) is 9.59 Å². The maximum absolute atomic E-state index is 11.4. The number of ether oxygens (including phenoxy) is 1. The zero-order valence-corrected chi connectivity index (χ0v) is 10.6. The average Bonchev–Trinajstić information content (AvgIpc) is 3.11. The SMILES string of the molecule is NC(=O)C[C@H](NC(=O)NCCOCC1CC1)C(=O)O. The Labute approximate surface area is 110 Å². The lowest BCUT2D eigenvalue weighted by Gasteiger charge is -2.13. The normalized spacial score (nSPS) is 15.6. The molecule has 0 unspecified atom stereocenters. The second-order valence-corrected chi connectivity index (χ2v) is 4.48. The summed E-state index contributed by atoms with van der Waals surface area (Å²) >= 11 is 0. The number of carboxylic acid groups (broad SMARTS) is 1.